The summed E-state index contributed by atoms with van der Waals surface area (Å²) in [7, 11) is -1.02. The normalized spacial score (nSPS) is 15.0. The molecule has 3 aromatic rings. The van der Waals surface area contributed by atoms with Crippen LogP contribution in [0.1, 0.15) is 5.56 Å². The number of hydrogen-bond acceptors (Lipinski definition) is 7. The van der Waals surface area contributed by atoms with Gasteiger partial charge in [0, 0.05) is 40.3 Å². The number of nitrogens with zero attached hydrogens (tertiary/aromatic N) is 7. The van der Waals surface area contributed by atoms with Crippen LogP contribution >= 0.6 is 0 Å². The maximum atomic E-state index is 13.0. The van der Waals surface area contributed by atoms with E-state index >= 15 is 0 Å². The molecule has 0 radical (unpaired) electrons. The average molecular weight is 471 g/mol. The number of hydrogen-bond donors (Lipinski definition) is 0. The molecule has 0 saturated carbocycles. The van der Waals surface area contributed by atoms with E-state index in [-0.39, 0.29) is 60.3 Å². The number of imidazole rings is 1. The Kier molecular flexibility index (Phi) is 5.64. The summed E-state index contributed by atoms with van der Waals surface area (Å²) in [4.78, 5) is 43.0. The summed E-state index contributed by atoms with van der Waals surface area (Å²) in [5, 5.41) is 9.23. The van der Waals surface area contributed by atoms with Gasteiger partial charge in [-0.1, -0.05) is 12.1 Å². The van der Waals surface area contributed by atoms with Gasteiger partial charge in [0.25, 0.3) is 5.56 Å². The number of piperazine rings is 1. The van der Waals surface area contributed by atoms with E-state index in [0.717, 1.165) is 4.57 Å². The van der Waals surface area contributed by atoms with Crippen molar-refractivity contribution in [3.05, 3.63) is 57.0 Å². The lowest BCUT2D eigenvalue weighted by molar-refractivity contribution is -0.132. The van der Waals surface area contributed by atoms with Gasteiger partial charge in [0.15, 0.2) is 11.2 Å². The van der Waals surface area contributed by atoms with Crippen LogP contribution < -0.4 is 11.2 Å². The number of fused-ring (bicyclic) bond motifs is 1. The molecule has 1 fully saturated rings. The first-order valence-corrected chi connectivity index (χ1v) is 11.5. The molecule has 0 bridgehead atoms. The SMILES string of the molecule is Cn1c(=O)c2c(ncn2CC(=O)N2CCN(S(=O)(=O)c3ccccc3C#N)CC2)n(C)c1=O. The van der Waals surface area contributed by atoms with Crippen LogP contribution in [-0.2, 0) is 35.5 Å². The second-order valence-corrected chi connectivity index (χ2v) is 9.55. The molecule has 1 aromatic carbocycles. The zero-order valence-corrected chi connectivity index (χ0v) is 18.8. The highest BCUT2D eigenvalue weighted by Gasteiger charge is 2.31. The molecule has 1 amide bonds. The standard InChI is InChI=1S/C20H21N7O5S/c1-23-18-17(19(29)24(2)20(23)30)26(13-22-18)12-16(28)25-7-9-27(10-8-25)33(31,32)15-6-4-3-5-14(15)11-21/h3-6,13H,7-10,12H2,1-2H3. The molecule has 0 aliphatic carbocycles. The summed E-state index contributed by atoms with van der Waals surface area (Å²) in [5.74, 6) is -0.306. The number of aromatic nitrogens is 4. The minimum absolute atomic E-state index is 0.0568. The lowest BCUT2D eigenvalue weighted by Gasteiger charge is -2.34. The van der Waals surface area contributed by atoms with Crippen molar-refractivity contribution in [1.29, 1.82) is 5.26 Å². The third kappa shape index (κ3) is 3.73. The number of nitriles is 1. The number of carbonyl (C=O) groups excluding carboxylic acids is 1. The van der Waals surface area contributed by atoms with E-state index in [1.165, 1.54) is 50.9 Å². The predicted molar refractivity (Wildman–Crippen MR) is 117 cm³/mol. The van der Waals surface area contributed by atoms with Crippen molar-refractivity contribution < 1.29 is 13.2 Å². The van der Waals surface area contributed by atoms with Crippen molar-refractivity contribution in [2.24, 2.45) is 14.1 Å². The predicted octanol–water partition coefficient (Wildman–Crippen LogP) is -1.16. The third-order valence-corrected chi connectivity index (χ3v) is 7.70. The summed E-state index contributed by atoms with van der Waals surface area (Å²) < 4.78 is 30.8. The molecule has 1 aliphatic heterocycles. The zero-order valence-electron chi connectivity index (χ0n) is 18.0. The molecule has 33 heavy (non-hydrogen) atoms. The zero-order chi connectivity index (χ0) is 23.9. The molecule has 0 atom stereocenters. The Balaban J connectivity index is 1.51. The van der Waals surface area contributed by atoms with Crippen molar-refractivity contribution in [3.63, 3.8) is 0 Å². The molecule has 3 heterocycles. The maximum absolute atomic E-state index is 13.0. The molecular weight excluding hydrogens is 450 g/mol. The van der Waals surface area contributed by atoms with E-state index in [9.17, 15) is 28.1 Å². The Labute approximate surface area is 188 Å². The van der Waals surface area contributed by atoms with Crippen molar-refractivity contribution in [1.82, 2.24) is 27.9 Å². The van der Waals surface area contributed by atoms with E-state index in [1.807, 2.05) is 6.07 Å². The van der Waals surface area contributed by atoms with Crippen LogP contribution in [0, 0.1) is 11.3 Å². The summed E-state index contributed by atoms with van der Waals surface area (Å²) in [6, 6.07) is 7.89. The molecule has 4 rings (SSSR count). The largest absolute Gasteiger partial charge is 0.339 e. The van der Waals surface area contributed by atoms with Crippen molar-refractivity contribution >= 4 is 27.1 Å². The highest BCUT2D eigenvalue weighted by atomic mass is 32.2. The second-order valence-electron chi connectivity index (χ2n) is 7.64. The molecule has 0 spiro atoms. The average Bonchev–Trinajstić information content (AvgIpc) is 3.25. The number of aryl methyl sites for hydroxylation is 1. The van der Waals surface area contributed by atoms with Crippen molar-refractivity contribution in [2.75, 3.05) is 26.2 Å². The fourth-order valence-corrected chi connectivity index (χ4v) is 5.43. The first-order valence-electron chi connectivity index (χ1n) is 10.0. The van der Waals surface area contributed by atoms with Crippen molar-refractivity contribution in [2.45, 2.75) is 11.4 Å². The van der Waals surface area contributed by atoms with E-state index in [0.29, 0.717) is 0 Å². The van der Waals surface area contributed by atoms with Gasteiger partial charge in [-0.2, -0.15) is 9.57 Å². The number of sulfonamides is 1. The Bertz CT molecular complexity index is 1520. The Morgan fingerprint density at radius 3 is 2.42 bits per heavy atom. The Morgan fingerprint density at radius 1 is 1.09 bits per heavy atom. The molecule has 13 heteroatoms. The monoisotopic (exact) mass is 471 g/mol. The fourth-order valence-electron chi connectivity index (χ4n) is 3.86. The maximum Gasteiger partial charge on any atom is 0.332 e. The van der Waals surface area contributed by atoms with E-state index < -0.39 is 21.3 Å². The topological polar surface area (TPSA) is 143 Å². The van der Waals surface area contributed by atoms with Gasteiger partial charge < -0.3 is 9.47 Å². The van der Waals surface area contributed by atoms with Crippen LogP contribution in [0.3, 0.4) is 0 Å². The minimum Gasteiger partial charge on any atom is -0.339 e. The van der Waals surface area contributed by atoms with Crippen LogP contribution in [0.5, 0.6) is 0 Å². The van der Waals surface area contributed by atoms with Gasteiger partial charge in [-0.05, 0) is 12.1 Å². The highest BCUT2D eigenvalue weighted by molar-refractivity contribution is 7.89. The van der Waals surface area contributed by atoms with Gasteiger partial charge in [0.2, 0.25) is 15.9 Å². The molecule has 2 aromatic heterocycles. The quantitative estimate of drug-likeness (QED) is 0.467. The lowest BCUT2D eigenvalue weighted by Crippen LogP contribution is -2.51. The first kappa shape index (κ1) is 22.4. The molecular formula is C20H21N7O5S. The van der Waals surface area contributed by atoms with Crippen LogP contribution in [0.15, 0.2) is 45.1 Å². The summed E-state index contributed by atoms with van der Waals surface area (Å²) in [6.07, 6.45) is 1.34. The second kappa shape index (κ2) is 8.30. The van der Waals surface area contributed by atoms with Gasteiger partial charge in [0.05, 0.1) is 16.8 Å². The van der Waals surface area contributed by atoms with Crippen LogP contribution in [0.4, 0.5) is 0 Å². The summed E-state index contributed by atoms with van der Waals surface area (Å²) in [6.45, 7) is 0.309. The van der Waals surface area contributed by atoms with Crippen molar-refractivity contribution in [3.8, 4) is 6.07 Å². The van der Waals surface area contributed by atoms with Gasteiger partial charge in [0.1, 0.15) is 12.6 Å². The van der Waals surface area contributed by atoms with E-state index in [1.54, 1.807) is 12.1 Å². The molecule has 172 valence electrons. The van der Waals surface area contributed by atoms with Gasteiger partial charge in [-0.15, -0.1) is 0 Å². The van der Waals surface area contributed by atoms with E-state index in [4.69, 9.17) is 0 Å². The fraction of sp³-hybridized carbons (Fsp3) is 0.350. The van der Waals surface area contributed by atoms with Crippen LogP contribution in [0.25, 0.3) is 11.2 Å². The first-order chi connectivity index (χ1) is 15.7. The number of rotatable bonds is 4. The molecule has 0 N–H and O–H groups in total. The third-order valence-electron chi connectivity index (χ3n) is 5.74. The number of benzene rings is 1. The van der Waals surface area contributed by atoms with Crippen LogP contribution in [-0.4, -0.2) is 68.4 Å². The Morgan fingerprint density at radius 2 is 1.76 bits per heavy atom. The Hall–Kier alpha value is -3.76. The number of carbonyl (C=O) groups is 1. The molecule has 1 aliphatic rings. The molecule has 1 saturated heterocycles. The molecule has 0 unspecified atom stereocenters. The molecule has 12 nitrogen and oxygen atoms in total. The number of amides is 1. The van der Waals surface area contributed by atoms with Gasteiger partial charge in [-0.25, -0.2) is 18.2 Å². The van der Waals surface area contributed by atoms with Gasteiger partial charge in [-0.3, -0.25) is 18.7 Å². The summed E-state index contributed by atoms with van der Waals surface area (Å²) >= 11 is 0. The van der Waals surface area contributed by atoms with Crippen LogP contribution in [0.2, 0.25) is 0 Å². The lowest BCUT2D eigenvalue weighted by atomic mass is 10.2. The smallest absolute Gasteiger partial charge is 0.332 e. The van der Waals surface area contributed by atoms with E-state index in [2.05, 4.69) is 4.98 Å². The highest BCUT2D eigenvalue weighted by Crippen LogP contribution is 2.21. The van der Waals surface area contributed by atoms with Gasteiger partial charge >= 0.3 is 5.69 Å². The summed E-state index contributed by atoms with van der Waals surface area (Å²) in [5.41, 5.74) is -0.672. The minimum atomic E-state index is -3.87.